The van der Waals surface area contributed by atoms with Crippen molar-refractivity contribution in [2.75, 3.05) is 39.1 Å². The van der Waals surface area contributed by atoms with E-state index in [1.54, 1.807) is 11.0 Å². The number of imide groups is 1. The highest BCUT2D eigenvalue weighted by atomic mass is 16.2. The van der Waals surface area contributed by atoms with E-state index >= 15 is 0 Å². The zero-order valence-electron chi connectivity index (χ0n) is 14.2. The van der Waals surface area contributed by atoms with Gasteiger partial charge in [0.1, 0.15) is 5.54 Å². The first-order valence-corrected chi connectivity index (χ1v) is 8.01. The van der Waals surface area contributed by atoms with Crippen LogP contribution in [0.4, 0.5) is 10.5 Å². The Morgan fingerprint density at radius 1 is 1.21 bits per heavy atom. The van der Waals surface area contributed by atoms with Crippen LogP contribution in [0.3, 0.4) is 0 Å². The molecule has 0 aliphatic carbocycles. The van der Waals surface area contributed by atoms with Gasteiger partial charge in [-0.2, -0.15) is 0 Å². The SMILES string of the molecule is CN1C(=O)NC2(CCN(C(=O)c3cccc(N(C)C)c3)CC2)C1=O. The number of anilines is 1. The number of rotatable bonds is 2. The number of likely N-dealkylation sites (N-methyl/N-ethyl adjacent to an activating group) is 1. The predicted molar refractivity (Wildman–Crippen MR) is 89.9 cm³/mol. The molecule has 2 heterocycles. The molecule has 7 heteroatoms. The van der Waals surface area contributed by atoms with E-state index in [9.17, 15) is 14.4 Å². The smallest absolute Gasteiger partial charge is 0.324 e. The van der Waals surface area contributed by atoms with E-state index in [4.69, 9.17) is 0 Å². The fourth-order valence-corrected chi connectivity index (χ4v) is 3.29. The molecular formula is C17H22N4O3. The van der Waals surface area contributed by atoms with E-state index in [0.717, 1.165) is 10.6 Å². The molecule has 2 fully saturated rings. The van der Waals surface area contributed by atoms with Crippen molar-refractivity contribution in [3.8, 4) is 0 Å². The monoisotopic (exact) mass is 330 g/mol. The molecule has 1 spiro atoms. The average molecular weight is 330 g/mol. The van der Waals surface area contributed by atoms with Crippen molar-refractivity contribution >= 4 is 23.5 Å². The van der Waals surface area contributed by atoms with Gasteiger partial charge < -0.3 is 15.1 Å². The third-order valence-electron chi connectivity index (χ3n) is 4.88. The Balaban J connectivity index is 1.71. The van der Waals surface area contributed by atoms with Crippen molar-refractivity contribution in [1.82, 2.24) is 15.1 Å². The number of hydrogen-bond acceptors (Lipinski definition) is 4. The number of carbonyl (C=O) groups is 3. The van der Waals surface area contributed by atoms with Gasteiger partial charge in [0, 0.05) is 45.5 Å². The number of hydrogen-bond donors (Lipinski definition) is 1. The van der Waals surface area contributed by atoms with Gasteiger partial charge in [-0.05, 0) is 31.0 Å². The van der Waals surface area contributed by atoms with E-state index in [-0.39, 0.29) is 17.8 Å². The maximum atomic E-state index is 12.7. The largest absolute Gasteiger partial charge is 0.378 e. The summed E-state index contributed by atoms with van der Waals surface area (Å²) in [5.74, 6) is -0.243. The number of benzene rings is 1. The fraction of sp³-hybridized carbons (Fsp3) is 0.471. The zero-order valence-corrected chi connectivity index (χ0v) is 14.2. The molecule has 2 aliphatic rings. The number of likely N-dealkylation sites (tertiary alicyclic amines) is 1. The van der Waals surface area contributed by atoms with Gasteiger partial charge in [-0.25, -0.2) is 4.79 Å². The fourth-order valence-electron chi connectivity index (χ4n) is 3.29. The number of nitrogens with zero attached hydrogens (tertiary/aromatic N) is 3. The molecule has 0 radical (unpaired) electrons. The van der Waals surface area contributed by atoms with Crippen molar-refractivity contribution in [2.45, 2.75) is 18.4 Å². The summed E-state index contributed by atoms with van der Waals surface area (Å²) in [6.45, 7) is 0.899. The van der Waals surface area contributed by atoms with Gasteiger partial charge in [-0.1, -0.05) is 6.07 Å². The van der Waals surface area contributed by atoms with E-state index in [1.165, 1.54) is 7.05 Å². The highest BCUT2D eigenvalue weighted by molar-refractivity contribution is 6.07. The normalized spacial score (nSPS) is 19.6. The van der Waals surface area contributed by atoms with Gasteiger partial charge in [-0.3, -0.25) is 14.5 Å². The second-order valence-corrected chi connectivity index (χ2v) is 6.61. The molecule has 3 rings (SSSR count). The molecular weight excluding hydrogens is 308 g/mol. The van der Waals surface area contributed by atoms with Crippen LogP contribution >= 0.6 is 0 Å². The molecule has 7 nitrogen and oxygen atoms in total. The van der Waals surface area contributed by atoms with Gasteiger partial charge in [0.2, 0.25) is 0 Å². The summed E-state index contributed by atoms with van der Waals surface area (Å²) in [7, 11) is 5.34. The topological polar surface area (TPSA) is 73.0 Å². The first-order chi connectivity index (χ1) is 11.3. The predicted octanol–water partition coefficient (Wildman–Crippen LogP) is 0.909. The van der Waals surface area contributed by atoms with Crippen LogP contribution in [0.15, 0.2) is 24.3 Å². The van der Waals surface area contributed by atoms with Crippen LogP contribution in [0.25, 0.3) is 0 Å². The zero-order chi connectivity index (χ0) is 17.5. The van der Waals surface area contributed by atoms with Gasteiger partial charge in [0.05, 0.1) is 0 Å². The lowest BCUT2D eigenvalue weighted by Gasteiger charge is -2.37. The summed E-state index contributed by atoms with van der Waals surface area (Å²) in [4.78, 5) is 41.5. The average Bonchev–Trinajstić information content (AvgIpc) is 2.79. The Morgan fingerprint density at radius 2 is 1.88 bits per heavy atom. The number of nitrogens with one attached hydrogen (secondary N) is 1. The number of urea groups is 1. The van der Waals surface area contributed by atoms with Crippen molar-refractivity contribution < 1.29 is 14.4 Å². The third-order valence-corrected chi connectivity index (χ3v) is 4.88. The number of amides is 4. The second-order valence-electron chi connectivity index (χ2n) is 6.61. The quantitative estimate of drug-likeness (QED) is 0.818. The minimum absolute atomic E-state index is 0.0429. The minimum Gasteiger partial charge on any atom is -0.378 e. The van der Waals surface area contributed by atoms with Crippen LogP contribution in [0.1, 0.15) is 23.2 Å². The van der Waals surface area contributed by atoms with E-state index < -0.39 is 5.54 Å². The molecule has 4 amide bonds. The Bertz CT molecular complexity index is 693. The van der Waals surface area contributed by atoms with Crippen LogP contribution in [-0.2, 0) is 4.79 Å². The Hall–Kier alpha value is -2.57. The first-order valence-electron chi connectivity index (χ1n) is 8.01. The molecule has 0 bridgehead atoms. The summed E-state index contributed by atoms with van der Waals surface area (Å²) in [5, 5.41) is 2.78. The summed E-state index contributed by atoms with van der Waals surface area (Å²) in [6, 6.07) is 7.12. The van der Waals surface area contributed by atoms with Crippen LogP contribution in [0, 0.1) is 0 Å². The number of piperidine rings is 1. The van der Waals surface area contributed by atoms with Crippen LogP contribution in [0.2, 0.25) is 0 Å². The summed E-state index contributed by atoms with van der Waals surface area (Å²) < 4.78 is 0. The summed E-state index contributed by atoms with van der Waals surface area (Å²) >= 11 is 0. The van der Waals surface area contributed by atoms with Crippen molar-refractivity contribution in [1.29, 1.82) is 0 Å². The van der Waals surface area contributed by atoms with Gasteiger partial charge in [0.25, 0.3) is 11.8 Å². The van der Waals surface area contributed by atoms with Crippen molar-refractivity contribution in [3.63, 3.8) is 0 Å². The lowest BCUT2D eigenvalue weighted by molar-refractivity contribution is -0.131. The third kappa shape index (κ3) is 2.60. The molecule has 128 valence electrons. The van der Waals surface area contributed by atoms with Crippen molar-refractivity contribution in [2.24, 2.45) is 0 Å². The minimum atomic E-state index is -0.839. The molecule has 1 aromatic carbocycles. The lowest BCUT2D eigenvalue weighted by Crippen LogP contribution is -2.55. The molecule has 1 N–H and O–H groups in total. The highest BCUT2D eigenvalue weighted by Gasteiger charge is 2.51. The van der Waals surface area contributed by atoms with Gasteiger partial charge >= 0.3 is 6.03 Å². The first kappa shape index (κ1) is 16.3. The molecule has 1 aromatic rings. The molecule has 0 unspecified atom stereocenters. The molecule has 0 atom stereocenters. The Morgan fingerprint density at radius 3 is 2.42 bits per heavy atom. The Kier molecular flexibility index (Phi) is 3.95. The van der Waals surface area contributed by atoms with E-state index in [2.05, 4.69) is 5.32 Å². The molecule has 2 aliphatic heterocycles. The lowest BCUT2D eigenvalue weighted by atomic mass is 9.87. The summed E-state index contributed by atoms with van der Waals surface area (Å²) in [5.41, 5.74) is 0.763. The molecule has 0 aromatic heterocycles. The van der Waals surface area contributed by atoms with Crippen LogP contribution < -0.4 is 10.2 Å². The van der Waals surface area contributed by atoms with Gasteiger partial charge in [0.15, 0.2) is 0 Å². The van der Waals surface area contributed by atoms with Crippen molar-refractivity contribution in [3.05, 3.63) is 29.8 Å². The number of carbonyl (C=O) groups excluding carboxylic acids is 3. The standard InChI is InChI=1S/C17H22N4O3/c1-19(2)13-6-4-5-12(11-13)14(22)21-9-7-17(8-10-21)15(23)20(3)16(24)18-17/h4-6,11H,7-10H2,1-3H3,(H,18,24). The maximum absolute atomic E-state index is 12.7. The van der Waals surface area contributed by atoms with E-state index in [1.807, 2.05) is 37.2 Å². The maximum Gasteiger partial charge on any atom is 0.324 e. The van der Waals surface area contributed by atoms with E-state index in [0.29, 0.717) is 31.5 Å². The summed E-state index contributed by atoms with van der Waals surface area (Å²) in [6.07, 6.45) is 0.891. The second kappa shape index (κ2) is 5.81. The molecule has 2 saturated heterocycles. The van der Waals surface area contributed by atoms with Gasteiger partial charge in [-0.15, -0.1) is 0 Å². The van der Waals surface area contributed by atoms with Crippen LogP contribution in [-0.4, -0.2) is 67.4 Å². The molecule has 0 saturated carbocycles. The van der Waals surface area contributed by atoms with Crippen LogP contribution in [0.5, 0.6) is 0 Å². The Labute approximate surface area is 141 Å². The highest BCUT2D eigenvalue weighted by Crippen LogP contribution is 2.29. The molecule has 24 heavy (non-hydrogen) atoms.